The quantitative estimate of drug-likeness (QED) is 0.293. The molecule has 9 heteroatoms. The van der Waals surface area contributed by atoms with Gasteiger partial charge in [-0.05, 0) is 45.7 Å². The number of hydrogen-bond donors (Lipinski definition) is 2. The molecule has 0 aliphatic carbocycles. The van der Waals surface area contributed by atoms with E-state index in [1.807, 2.05) is 32.9 Å². The molecule has 0 fully saturated rings. The Kier molecular flexibility index (Phi) is 9.30. The maximum Gasteiger partial charge on any atom is 0.351 e. The molecule has 1 unspecified atom stereocenters. The molecule has 0 aromatic heterocycles. The molecule has 1 atom stereocenters. The first-order chi connectivity index (χ1) is 12.4. The minimum Gasteiger partial charge on any atom is -0.462 e. The molecular weight excluding hydrogens is 355 g/mol. The lowest BCUT2D eigenvalue weighted by Crippen LogP contribution is -2.25. The predicted molar refractivity (Wildman–Crippen MR) is 104 cm³/mol. The van der Waals surface area contributed by atoms with Gasteiger partial charge in [-0.15, -0.1) is 0 Å². The molecule has 0 radical (unpaired) electrons. The SMILES string of the molecule is CCOC(=O)/C=N\NP(N/N=C/C(=O)OCC)c1c(C)cc(C)cc1C. The Morgan fingerprint density at radius 1 is 0.962 bits per heavy atom. The molecule has 0 aliphatic heterocycles. The first kappa shape index (κ1) is 21.6. The van der Waals surface area contributed by atoms with Crippen LogP contribution >= 0.6 is 8.22 Å². The molecule has 0 saturated heterocycles. The molecular formula is C17H25N4O4P. The summed E-state index contributed by atoms with van der Waals surface area (Å²) in [6, 6.07) is 4.09. The van der Waals surface area contributed by atoms with Gasteiger partial charge in [-0.3, -0.25) is 10.4 Å². The van der Waals surface area contributed by atoms with Gasteiger partial charge in [0.2, 0.25) is 0 Å². The van der Waals surface area contributed by atoms with E-state index < -0.39 is 20.2 Å². The van der Waals surface area contributed by atoms with Crippen molar-refractivity contribution in [2.24, 2.45) is 10.2 Å². The van der Waals surface area contributed by atoms with Crippen LogP contribution in [0.25, 0.3) is 0 Å². The number of carbonyl (C=O) groups is 2. The number of hydrazone groups is 2. The second-order valence-corrected chi connectivity index (χ2v) is 6.82. The highest BCUT2D eigenvalue weighted by molar-refractivity contribution is 7.61. The summed E-state index contributed by atoms with van der Waals surface area (Å²) in [7, 11) is -1.30. The molecule has 26 heavy (non-hydrogen) atoms. The fraction of sp³-hybridized carbons (Fsp3) is 0.412. The molecule has 8 nitrogen and oxygen atoms in total. The van der Waals surface area contributed by atoms with Crippen LogP contribution in [-0.2, 0) is 19.1 Å². The van der Waals surface area contributed by atoms with Crippen molar-refractivity contribution in [3.05, 3.63) is 28.8 Å². The highest BCUT2D eigenvalue weighted by atomic mass is 31.1. The average Bonchev–Trinajstić information content (AvgIpc) is 2.54. The van der Waals surface area contributed by atoms with Crippen molar-refractivity contribution in [3.8, 4) is 0 Å². The fourth-order valence-corrected chi connectivity index (χ4v) is 3.71. The number of benzene rings is 1. The molecule has 1 aromatic rings. The highest BCUT2D eigenvalue weighted by Crippen LogP contribution is 2.28. The summed E-state index contributed by atoms with van der Waals surface area (Å²) >= 11 is 0. The molecule has 0 aliphatic rings. The van der Waals surface area contributed by atoms with E-state index in [4.69, 9.17) is 9.47 Å². The molecule has 2 N–H and O–H groups in total. The van der Waals surface area contributed by atoms with Crippen LogP contribution in [0.5, 0.6) is 0 Å². The highest BCUT2D eigenvalue weighted by Gasteiger charge is 2.16. The van der Waals surface area contributed by atoms with Gasteiger partial charge in [-0.25, -0.2) is 9.59 Å². The lowest BCUT2D eigenvalue weighted by Gasteiger charge is -2.20. The third-order valence-corrected chi connectivity index (χ3v) is 4.87. The van der Waals surface area contributed by atoms with Crippen LogP contribution in [-0.4, -0.2) is 37.6 Å². The Labute approximate surface area is 154 Å². The van der Waals surface area contributed by atoms with Gasteiger partial charge in [-0.2, -0.15) is 10.2 Å². The average molecular weight is 380 g/mol. The number of hydrogen-bond acceptors (Lipinski definition) is 8. The molecule has 0 amide bonds. The van der Waals surface area contributed by atoms with Crippen LogP contribution in [0.3, 0.4) is 0 Å². The van der Waals surface area contributed by atoms with E-state index in [1.54, 1.807) is 13.8 Å². The minimum atomic E-state index is -1.30. The largest absolute Gasteiger partial charge is 0.462 e. The number of esters is 2. The number of aryl methyl sites for hydroxylation is 3. The van der Waals surface area contributed by atoms with E-state index in [0.29, 0.717) is 0 Å². The van der Waals surface area contributed by atoms with Crippen molar-refractivity contribution in [1.29, 1.82) is 0 Å². The van der Waals surface area contributed by atoms with E-state index in [0.717, 1.165) is 34.4 Å². The molecule has 0 saturated carbocycles. The summed E-state index contributed by atoms with van der Waals surface area (Å²) in [6.07, 6.45) is 2.13. The third-order valence-electron chi connectivity index (χ3n) is 3.09. The van der Waals surface area contributed by atoms with E-state index >= 15 is 0 Å². The first-order valence-electron chi connectivity index (χ1n) is 8.17. The maximum atomic E-state index is 11.4. The van der Waals surface area contributed by atoms with Gasteiger partial charge in [0.1, 0.15) is 12.4 Å². The van der Waals surface area contributed by atoms with E-state index in [-0.39, 0.29) is 13.2 Å². The normalized spacial score (nSPS) is 12.2. The number of nitrogens with zero attached hydrogens (tertiary/aromatic N) is 2. The smallest absolute Gasteiger partial charge is 0.351 e. The number of carbonyl (C=O) groups excluding carboxylic acids is 2. The van der Waals surface area contributed by atoms with E-state index in [2.05, 4.69) is 20.6 Å². The van der Waals surface area contributed by atoms with Gasteiger partial charge in [0.05, 0.1) is 13.2 Å². The summed E-state index contributed by atoms with van der Waals surface area (Å²) < 4.78 is 9.60. The minimum absolute atomic E-state index is 0.276. The standard InChI is InChI=1S/C17H25N4O4P/c1-6-24-15(22)10-18-20-26(21-19-11-16(23)25-7-2)17-13(4)8-12(3)9-14(17)5/h8-11,20-21H,6-7H2,1-5H3/b18-10-,19-11+. The van der Waals surface area contributed by atoms with Crippen LogP contribution in [0, 0.1) is 20.8 Å². The second kappa shape index (κ2) is 11.2. The Hall–Kier alpha value is -2.47. The molecule has 0 bridgehead atoms. The lowest BCUT2D eigenvalue weighted by molar-refractivity contribution is -0.135. The van der Waals surface area contributed by atoms with Crippen molar-refractivity contribution in [2.45, 2.75) is 34.6 Å². The molecule has 1 rings (SSSR count). The fourth-order valence-electron chi connectivity index (χ4n) is 2.29. The Bertz CT molecular complexity index is 638. The van der Waals surface area contributed by atoms with E-state index in [9.17, 15) is 9.59 Å². The summed E-state index contributed by atoms with van der Waals surface area (Å²) in [5.41, 5.74) is 3.24. The summed E-state index contributed by atoms with van der Waals surface area (Å²) in [6.45, 7) is 9.98. The van der Waals surface area contributed by atoms with Crippen LogP contribution in [0.15, 0.2) is 22.3 Å². The zero-order valence-electron chi connectivity index (χ0n) is 15.7. The number of rotatable bonds is 9. The Balaban J connectivity index is 2.98. The molecule has 142 valence electrons. The van der Waals surface area contributed by atoms with Gasteiger partial charge in [0, 0.05) is 5.30 Å². The van der Waals surface area contributed by atoms with Crippen molar-refractivity contribution in [2.75, 3.05) is 13.2 Å². The zero-order valence-corrected chi connectivity index (χ0v) is 16.6. The molecule has 0 spiro atoms. The van der Waals surface area contributed by atoms with Gasteiger partial charge >= 0.3 is 11.9 Å². The van der Waals surface area contributed by atoms with Crippen LogP contribution in [0.2, 0.25) is 0 Å². The monoisotopic (exact) mass is 380 g/mol. The van der Waals surface area contributed by atoms with Gasteiger partial charge in [-0.1, -0.05) is 17.7 Å². The Morgan fingerprint density at radius 3 is 1.77 bits per heavy atom. The van der Waals surface area contributed by atoms with Crippen LogP contribution in [0.1, 0.15) is 30.5 Å². The summed E-state index contributed by atoms with van der Waals surface area (Å²) in [5, 5.41) is 14.6. The van der Waals surface area contributed by atoms with E-state index in [1.165, 1.54) is 0 Å². The van der Waals surface area contributed by atoms with Crippen molar-refractivity contribution >= 4 is 37.9 Å². The first-order valence-corrected chi connectivity index (χ1v) is 9.52. The van der Waals surface area contributed by atoms with Gasteiger partial charge in [0.15, 0.2) is 8.22 Å². The van der Waals surface area contributed by atoms with Gasteiger partial charge < -0.3 is 9.47 Å². The predicted octanol–water partition coefficient (Wildman–Crippen LogP) is 1.83. The molecule has 1 aromatic carbocycles. The number of nitrogens with one attached hydrogen (secondary N) is 2. The zero-order chi connectivity index (χ0) is 19.5. The van der Waals surface area contributed by atoms with Gasteiger partial charge in [0.25, 0.3) is 0 Å². The summed E-state index contributed by atoms with van der Waals surface area (Å²) in [5.74, 6) is -1.08. The lowest BCUT2D eigenvalue weighted by atomic mass is 10.1. The maximum absolute atomic E-state index is 11.4. The topological polar surface area (TPSA) is 101 Å². The van der Waals surface area contributed by atoms with Crippen LogP contribution in [0.4, 0.5) is 0 Å². The van der Waals surface area contributed by atoms with Crippen molar-refractivity contribution in [1.82, 2.24) is 10.4 Å². The number of ether oxygens (including phenoxy) is 2. The molecule has 0 heterocycles. The second-order valence-electron chi connectivity index (χ2n) is 5.30. The Morgan fingerprint density at radius 2 is 1.38 bits per heavy atom. The van der Waals surface area contributed by atoms with Crippen LogP contribution < -0.4 is 15.7 Å². The summed E-state index contributed by atoms with van der Waals surface area (Å²) in [4.78, 5) is 22.8. The third kappa shape index (κ3) is 7.19. The van der Waals surface area contributed by atoms with Crippen molar-refractivity contribution in [3.63, 3.8) is 0 Å². The van der Waals surface area contributed by atoms with Crippen molar-refractivity contribution < 1.29 is 19.1 Å².